The van der Waals surface area contributed by atoms with E-state index in [2.05, 4.69) is 37.8 Å². The second-order valence-electron chi connectivity index (χ2n) is 4.98. The first-order valence-electron chi connectivity index (χ1n) is 6.53. The highest BCUT2D eigenvalue weighted by Crippen LogP contribution is 2.32. The Morgan fingerprint density at radius 2 is 2.15 bits per heavy atom. The number of aromatic nitrogens is 3. The molecule has 0 unspecified atom stereocenters. The average molecular weight is 387 g/mol. The predicted octanol–water partition coefficient (Wildman–Crippen LogP) is 2.58. The van der Waals surface area contributed by atoms with Crippen molar-refractivity contribution in [3.63, 3.8) is 0 Å². The minimum absolute atomic E-state index is 0.0712. The van der Waals surface area contributed by atoms with Crippen molar-refractivity contribution in [3.05, 3.63) is 16.0 Å². The van der Waals surface area contributed by atoms with Crippen LogP contribution in [0.5, 0.6) is 5.75 Å². The van der Waals surface area contributed by atoms with Gasteiger partial charge in [0.1, 0.15) is 9.45 Å². The first-order valence-corrected chi connectivity index (χ1v) is 7.61. The molecule has 1 fully saturated rings. The summed E-state index contributed by atoms with van der Waals surface area (Å²) in [5, 5.41) is 16.9. The number of nitrogens with zero attached hydrogens (tertiary/aromatic N) is 2. The van der Waals surface area contributed by atoms with Crippen molar-refractivity contribution in [2.75, 3.05) is 0 Å². The molecule has 2 aromatic heterocycles. The molecule has 2 aromatic rings. The summed E-state index contributed by atoms with van der Waals surface area (Å²) >= 11 is 2.14. The Kier molecular flexibility index (Phi) is 3.77. The molecule has 1 saturated carbocycles. The summed E-state index contributed by atoms with van der Waals surface area (Å²) in [7, 11) is 0. The molecule has 0 atom stereocenters. The molecule has 1 aliphatic rings. The van der Waals surface area contributed by atoms with E-state index in [4.69, 9.17) is 9.84 Å². The number of hydrogen-bond donors (Lipinski definition) is 2. The van der Waals surface area contributed by atoms with Crippen LogP contribution in [0, 0.1) is 9.62 Å². The molecular weight excluding hydrogens is 373 g/mol. The van der Waals surface area contributed by atoms with Gasteiger partial charge in [-0.05, 0) is 54.3 Å². The van der Waals surface area contributed by atoms with Crippen molar-refractivity contribution in [2.24, 2.45) is 5.92 Å². The van der Waals surface area contributed by atoms with E-state index in [9.17, 15) is 4.79 Å². The third kappa shape index (κ3) is 2.58. The number of carboxylic acids is 1. The zero-order valence-corrected chi connectivity index (χ0v) is 12.8. The molecular formula is C13H14IN3O3. The lowest BCUT2D eigenvalue weighted by Crippen LogP contribution is -2.27. The van der Waals surface area contributed by atoms with Gasteiger partial charge in [-0.1, -0.05) is 0 Å². The molecule has 0 aliphatic heterocycles. The monoisotopic (exact) mass is 387 g/mol. The maximum absolute atomic E-state index is 10.9. The maximum atomic E-state index is 10.9. The number of ether oxygens (including phenoxy) is 1. The van der Waals surface area contributed by atoms with Crippen molar-refractivity contribution < 1.29 is 14.6 Å². The van der Waals surface area contributed by atoms with Gasteiger partial charge < -0.3 is 9.84 Å². The van der Waals surface area contributed by atoms with Gasteiger partial charge in [0.25, 0.3) is 0 Å². The van der Waals surface area contributed by atoms with Gasteiger partial charge in [0.05, 0.1) is 17.4 Å². The molecule has 0 aromatic carbocycles. The lowest BCUT2D eigenvalue weighted by molar-refractivity contribution is -0.143. The Bertz CT molecular complexity index is 635. The summed E-state index contributed by atoms with van der Waals surface area (Å²) in [6, 6.07) is 1.84. The number of pyridine rings is 1. The zero-order chi connectivity index (χ0) is 14.1. The van der Waals surface area contributed by atoms with Crippen LogP contribution in [0.2, 0.25) is 0 Å². The van der Waals surface area contributed by atoms with Crippen LogP contribution in [-0.4, -0.2) is 32.4 Å². The minimum Gasteiger partial charge on any atom is -0.490 e. The fourth-order valence-corrected chi connectivity index (χ4v) is 3.23. The number of aliphatic carboxylic acids is 1. The van der Waals surface area contributed by atoms with Gasteiger partial charge in [-0.3, -0.25) is 9.89 Å². The summed E-state index contributed by atoms with van der Waals surface area (Å²) in [6.07, 6.45) is 4.66. The van der Waals surface area contributed by atoms with Gasteiger partial charge >= 0.3 is 5.97 Å². The third-order valence-electron chi connectivity index (χ3n) is 3.70. The Labute approximate surface area is 129 Å². The minimum atomic E-state index is -0.695. The average Bonchev–Trinajstić information content (AvgIpc) is 2.82. The Morgan fingerprint density at radius 3 is 2.85 bits per heavy atom. The molecule has 0 saturated heterocycles. The van der Waals surface area contributed by atoms with Gasteiger partial charge in [0.15, 0.2) is 5.65 Å². The van der Waals surface area contributed by atoms with Crippen molar-refractivity contribution in [1.29, 1.82) is 0 Å². The number of H-pyrrole nitrogens is 1. The Balaban J connectivity index is 1.74. The number of halogens is 1. The molecule has 2 N–H and O–H groups in total. The zero-order valence-electron chi connectivity index (χ0n) is 10.7. The topological polar surface area (TPSA) is 88.1 Å². The van der Waals surface area contributed by atoms with Crippen LogP contribution < -0.4 is 4.74 Å². The number of aromatic amines is 1. The van der Waals surface area contributed by atoms with Gasteiger partial charge in [0, 0.05) is 6.20 Å². The number of fused-ring (bicyclic) bond motifs is 1. The summed E-state index contributed by atoms with van der Waals surface area (Å²) in [5.74, 6) is -0.146. The van der Waals surface area contributed by atoms with Crippen molar-refractivity contribution in [3.8, 4) is 5.75 Å². The van der Waals surface area contributed by atoms with E-state index in [-0.39, 0.29) is 12.0 Å². The summed E-state index contributed by atoms with van der Waals surface area (Å²) < 4.78 is 6.87. The molecule has 0 bridgehead atoms. The molecule has 0 spiro atoms. The molecule has 1 aliphatic carbocycles. The molecule has 2 heterocycles. The van der Waals surface area contributed by atoms with Crippen molar-refractivity contribution in [2.45, 2.75) is 31.8 Å². The lowest BCUT2D eigenvalue weighted by atomic mass is 9.87. The Morgan fingerprint density at radius 1 is 1.40 bits per heavy atom. The van der Waals surface area contributed by atoms with E-state index < -0.39 is 5.97 Å². The summed E-state index contributed by atoms with van der Waals surface area (Å²) in [4.78, 5) is 15.2. The van der Waals surface area contributed by atoms with E-state index in [0.717, 1.165) is 27.7 Å². The normalized spacial score (nSPS) is 22.9. The van der Waals surface area contributed by atoms with Crippen LogP contribution in [-0.2, 0) is 4.79 Å². The number of nitrogens with one attached hydrogen (secondary N) is 1. The smallest absolute Gasteiger partial charge is 0.306 e. The van der Waals surface area contributed by atoms with E-state index in [1.165, 1.54) is 0 Å². The van der Waals surface area contributed by atoms with Crippen molar-refractivity contribution >= 4 is 39.6 Å². The lowest BCUT2D eigenvalue weighted by Gasteiger charge is -2.26. The first kappa shape index (κ1) is 13.6. The summed E-state index contributed by atoms with van der Waals surface area (Å²) in [6.45, 7) is 0. The van der Waals surface area contributed by atoms with E-state index in [1.807, 2.05) is 6.07 Å². The van der Waals surface area contributed by atoms with Gasteiger partial charge in [-0.25, -0.2) is 4.98 Å². The second-order valence-corrected chi connectivity index (χ2v) is 6.00. The van der Waals surface area contributed by atoms with Gasteiger partial charge in [-0.15, -0.1) is 0 Å². The number of carboxylic acid groups (broad SMARTS) is 1. The van der Waals surface area contributed by atoms with E-state index >= 15 is 0 Å². The van der Waals surface area contributed by atoms with Crippen LogP contribution in [0.4, 0.5) is 0 Å². The maximum Gasteiger partial charge on any atom is 0.306 e. The fourth-order valence-electron chi connectivity index (χ4n) is 2.59. The second kappa shape index (κ2) is 5.55. The fraction of sp³-hybridized carbons (Fsp3) is 0.462. The highest BCUT2D eigenvalue weighted by Gasteiger charge is 2.27. The predicted molar refractivity (Wildman–Crippen MR) is 80.6 cm³/mol. The molecule has 6 nitrogen and oxygen atoms in total. The van der Waals surface area contributed by atoms with E-state index in [1.54, 1.807) is 6.20 Å². The third-order valence-corrected chi connectivity index (χ3v) is 4.48. The van der Waals surface area contributed by atoms with Crippen LogP contribution in [0.25, 0.3) is 11.0 Å². The first-order chi connectivity index (χ1) is 9.65. The number of rotatable bonds is 3. The standard InChI is InChI=1S/C13H14IN3O3/c14-11-10-9(5-6-15-12(10)17-16-11)20-8-3-1-7(2-4-8)13(18)19/h5-8H,1-4H2,(H,18,19)(H,15,16,17)/t7-,8-. The van der Waals surface area contributed by atoms with Crippen molar-refractivity contribution in [1.82, 2.24) is 15.2 Å². The Hall–Kier alpha value is -1.38. The highest BCUT2D eigenvalue weighted by molar-refractivity contribution is 14.1. The molecule has 7 heteroatoms. The number of carbonyl (C=O) groups is 1. The quantitative estimate of drug-likeness (QED) is 0.791. The SMILES string of the molecule is O=C(O)[C@H]1CC[C@H](Oc2ccnc3[nH]nc(I)c23)CC1. The molecule has 106 valence electrons. The largest absolute Gasteiger partial charge is 0.490 e. The number of hydrogen-bond acceptors (Lipinski definition) is 4. The van der Waals surface area contributed by atoms with Gasteiger partial charge in [-0.2, -0.15) is 5.10 Å². The van der Waals surface area contributed by atoms with Crippen LogP contribution >= 0.6 is 22.6 Å². The van der Waals surface area contributed by atoms with E-state index in [0.29, 0.717) is 18.5 Å². The molecule has 3 rings (SSSR count). The highest BCUT2D eigenvalue weighted by atomic mass is 127. The molecule has 0 radical (unpaired) electrons. The molecule has 20 heavy (non-hydrogen) atoms. The van der Waals surface area contributed by atoms with Crippen LogP contribution in [0.3, 0.4) is 0 Å². The molecule has 0 amide bonds. The van der Waals surface area contributed by atoms with Crippen LogP contribution in [0.1, 0.15) is 25.7 Å². The van der Waals surface area contributed by atoms with Crippen LogP contribution in [0.15, 0.2) is 12.3 Å². The summed E-state index contributed by atoms with van der Waals surface area (Å²) in [5.41, 5.74) is 0.714. The van der Waals surface area contributed by atoms with Gasteiger partial charge in [0.2, 0.25) is 0 Å².